The Morgan fingerprint density at radius 1 is 1.53 bits per heavy atom. The number of anilines is 1. The third kappa shape index (κ3) is 3.76. The Labute approximate surface area is 98.3 Å². The summed E-state index contributed by atoms with van der Waals surface area (Å²) in [5.41, 5.74) is -0.122. The number of nitrogens with one attached hydrogen (secondary N) is 1. The molecule has 0 amide bonds. The summed E-state index contributed by atoms with van der Waals surface area (Å²) < 4.78 is 0.752. The predicted molar refractivity (Wildman–Crippen MR) is 63.8 cm³/mol. The van der Waals surface area contributed by atoms with Crippen molar-refractivity contribution in [2.24, 2.45) is 0 Å². The molecule has 0 radical (unpaired) electrons. The normalized spacial score (nSPS) is 14.7. The Morgan fingerprint density at radius 3 is 2.80 bits per heavy atom. The van der Waals surface area contributed by atoms with E-state index in [1.54, 1.807) is 0 Å². The Balaban J connectivity index is 2.74. The highest BCUT2D eigenvalue weighted by atomic mass is 79.9. The zero-order chi connectivity index (χ0) is 11.3. The number of aliphatic hydroxyl groups is 1. The van der Waals surface area contributed by atoms with Gasteiger partial charge in [-0.1, -0.05) is 6.92 Å². The molecule has 0 aromatic carbocycles. The molecule has 1 unspecified atom stereocenters. The average molecular weight is 274 g/mol. The van der Waals surface area contributed by atoms with Crippen LogP contribution in [0.4, 0.5) is 5.82 Å². The van der Waals surface area contributed by atoms with Crippen LogP contribution in [-0.4, -0.2) is 27.2 Å². The Morgan fingerprint density at radius 2 is 2.27 bits per heavy atom. The van der Waals surface area contributed by atoms with Crippen molar-refractivity contribution >= 4 is 21.7 Å². The maximum atomic E-state index is 8.98. The molecule has 0 bridgehead atoms. The topological polar surface area (TPSA) is 58.0 Å². The molecule has 0 saturated carbocycles. The average Bonchev–Trinajstić information content (AvgIpc) is 2.18. The van der Waals surface area contributed by atoms with Crippen LogP contribution in [0.3, 0.4) is 0 Å². The van der Waals surface area contributed by atoms with Crippen LogP contribution in [-0.2, 0) is 0 Å². The third-order valence-corrected chi connectivity index (χ3v) is 2.94. The number of rotatable bonds is 5. The van der Waals surface area contributed by atoms with Crippen LogP contribution < -0.4 is 5.32 Å². The van der Waals surface area contributed by atoms with Crippen molar-refractivity contribution in [3.8, 4) is 0 Å². The van der Waals surface area contributed by atoms with Crippen LogP contribution in [0.15, 0.2) is 17.0 Å². The molecule has 84 valence electrons. The van der Waals surface area contributed by atoms with Gasteiger partial charge in [-0.15, -0.1) is 0 Å². The van der Waals surface area contributed by atoms with Gasteiger partial charge in [0.25, 0.3) is 0 Å². The van der Waals surface area contributed by atoms with Gasteiger partial charge in [-0.05, 0) is 35.7 Å². The molecule has 0 aliphatic carbocycles. The molecule has 2 N–H and O–H groups in total. The van der Waals surface area contributed by atoms with E-state index in [-0.39, 0.29) is 12.1 Å². The smallest absolute Gasteiger partial charge is 0.130 e. The van der Waals surface area contributed by atoms with Gasteiger partial charge in [0.05, 0.1) is 0 Å². The summed E-state index contributed by atoms with van der Waals surface area (Å²) in [5.74, 6) is 0.773. The zero-order valence-corrected chi connectivity index (χ0v) is 10.6. The zero-order valence-electron chi connectivity index (χ0n) is 9.00. The third-order valence-electron chi connectivity index (χ3n) is 2.51. The van der Waals surface area contributed by atoms with Gasteiger partial charge in [0.15, 0.2) is 0 Å². The summed E-state index contributed by atoms with van der Waals surface area (Å²) in [6.45, 7) is 4.32. The monoisotopic (exact) mass is 273 g/mol. The molecular formula is C10H16BrN3O. The van der Waals surface area contributed by atoms with E-state index >= 15 is 0 Å². The van der Waals surface area contributed by atoms with Crippen molar-refractivity contribution in [1.29, 1.82) is 0 Å². The minimum atomic E-state index is -0.122. The number of aliphatic hydroxyl groups excluding tert-OH is 1. The number of hydrogen-bond acceptors (Lipinski definition) is 4. The first-order valence-electron chi connectivity index (χ1n) is 4.96. The lowest BCUT2D eigenvalue weighted by atomic mass is 9.95. The van der Waals surface area contributed by atoms with Gasteiger partial charge in [-0.3, -0.25) is 0 Å². The second-order valence-electron chi connectivity index (χ2n) is 3.74. The summed E-state index contributed by atoms with van der Waals surface area (Å²) >= 11 is 3.29. The van der Waals surface area contributed by atoms with Crippen LogP contribution in [0.5, 0.6) is 0 Å². The highest BCUT2D eigenvalue weighted by Crippen LogP contribution is 2.21. The number of aromatic nitrogens is 2. The molecule has 1 heterocycles. The fraction of sp³-hybridized carbons (Fsp3) is 0.600. The first kappa shape index (κ1) is 12.4. The van der Waals surface area contributed by atoms with Gasteiger partial charge >= 0.3 is 0 Å². The van der Waals surface area contributed by atoms with Crippen molar-refractivity contribution in [3.63, 3.8) is 0 Å². The van der Waals surface area contributed by atoms with Crippen LogP contribution in [0.2, 0.25) is 0 Å². The first-order valence-corrected chi connectivity index (χ1v) is 5.75. The highest BCUT2D eigenvalue weighted by molar-refractivity contribution is 9.10. The lowest BCUT2D eigenvalue weighted by Gasteiger charge is -2.29. The van der Waals surface area contributed by atoms with E-state index in [1.807, 2.05) is 6.07 Å². The van der Waals surface area contributed by atoms with Crippen molar-refractivity contribution in [3.05, 3.63) is 17.0 Å². The van der Waals surface area contributed by atoms with E-state index in [2.05, 4.69) is 45.1 Å². The molecule has 15 heavy (non-hydrogen) atoms. The molecule has 1 rings (SSSR count). The van der Waals surface area contributed by atoms with E-state index < -0.39 is 0 Å². The second-order valence-corrected chi connectivity index (χ2v) is 4.55. The molecule has 1 aromatic heterocycles. The highest BCUT2D eigenvalue weighted by Gasteiger charge is 2.21. The van der Waals surface area contributed by atoms with Gasteiger partial charge in [0, 0.05) is 18.2 Å². The lowest BCUT2D eigenvalue weighted by molar-refractivity contribution is 0.252. The predicted octanol–water partition coefficient (Wildman–Crippen LogP) is 2.20. The molecule has 0 fully saturated rings. The molecule has 0 spiro atoms. The summed E-state index contributed by atoms with van der Waals surface area (Å²) in [6, 6.07) is 1.82. The Bertz CT molecular complexity index is 321. The summed E-state index contributed by atoms with van der Waals surface area (Å²) in [6.07, 6.45) is 3.13. The Kier molecular flexibility index (Phi) is 4.47. The minimum Gasteiger partial charge on any atom is -0.396 e. The minimum absolute atomic E-state index is 0.122. The van der Waals surface area contributed by atoms with E-state index in [0.717, 1.165) is 16.8 Å². The summed E-state index contributed by atoms with van der Waals surface area (Å²) in [7, 11) is 0. The van der Waals surface area contributed by atoms with Crippen LogP contribution in [0.25, 0.3) is 0 Å². The second kappa shape index (κ2) is 5.42. The number of nitrogens with zero attached hydrogens (tertiary/aromatic N) is 2. The van der Waals surface area contributed by atoms with Gasteiger partial charge in [-0.2, -0.15) is 0 Å². The maximum Gasteiger partial charge on any atom is 0.130 e. The van der Waals surface area contributed by atoms with Crippen LogP contribution in [0.1, 0.15) is 26.7 Å². The van der Waals surface area contributed by atoms with Gasteiger partial charge in [0.2, 0.25) is 0 Å². The van der Waals surface area contributed by atoms with E-state index in [4.69, 9.17) is 5.11 Å². The lowest BCUT2D eigenvalue weighted by Crippen LogP contribution is -2.35. The first-order chi connectivity index (χ1) is 7.09. The van der Waals surface area contributed by atoms with Crippen molar-refractivity contribution in [2.45, 2.75) is 32.2 Å². The molecule has 1 aromatic rings. The number of halogens is 1. The standard InChI is InChI=1S/C10H16BrN3O/c1-3-10(2,4-5-15)14-9-6-8(11)12-7-13-9/h6-7,15H,3-5H2,1-2H3,(H,12,13,14). The van der Waals surface area contributed by atoms with Gasteiger partial charge in [0.1, 0.15) is 16.7 Å². The van der Waals surface area contributed by atoms with E-state index in [9.17, 15) is 0 Å². The van der Waals surface area contributed by atoms with Gasteiger partial charge < -0.3 is 10.4 Å². The van der Waals surface area contributed by atoms with Crippen LogP contribution >= 0.6 is 15.9 Å². The maximum absolute atomic E-state index is 8.98. The van der Waals surface area contributed by atoms with Gasteiger partial charge in [-0.25, -0.2) is 9.97 Å². The molecule has 0 saturated heterocycles. The quantitative estimate of drug-likeness (QED) is 0.808. The molecule has 5 heteroatoms. The molecule has 1 atom stereocenters. The largest absolute Gasteiger partial charge is 0.396 e. The van der Waals surface area contributed by atoms with Crippen molar-refractivity contribution in [2.75, 3.05) is 11.9 Å². The molecule has 0 aliphatic heterocycles. The number of hydrogen-bond donors (Lipinski definition) is 2. The van der Waals surface area contributed by atoms with Crippen LogP contribution in [0, 0.1) is 0 Å². The summed E-state index contributed by atoms with van der Waals surface area (Å²) in [5, 5.41) is 12.3. The fourth-order valence-electron chi connectivity index (χ4n) is 1.29. The van der Waals surface area contributed by atoms with E-state index in [0.29, 0.717) is 6.42 Å². The Hall–Kier alpha value is -0.680. The van der Waals surface area contributed by atoms with Crippen molar-refractivity contribution < 1.29 is 5.11 Å². The molecule has 0 aliphatic rings. The molecule has 4 nitrogen and oxygen atoms in total. The SMILES string of the molecule is CCC(C)(CCO)Nc1cc(Br)ncn1. The van der Waals surface area contributed by atoms with Crippen molar-refractivity contribution in [1.82, 2.24) is 9.97 Å². The fourth-order valence-corrected chi connectivity index (χ4v) is 1.59. The summed E-state index contributed by atoms with van der Waals surface area (Å²) in [4.78, 5) is 8.08. The van der Waals surface area contributed by atoms with E-state index in [1.165, 1.54) is 6.33 Å². The molecular weight excluding hydrogens is 258 g/mol.